The molecule has 27 heteroatoms. The van der Waals surface area contributed by atoms with Crippen molar-refractivity contribution in [1.82, 2.24) is 51.7 Å². The molecule has 94 heavy (non-hydrogen) atoms. The zero-order valence-electron chi connectivity index (χ0n) is 56.2. The highest BCUT2D eigenvalue weighted by atomic mass is 32.1. The molecule has 0 aliphatic carbocycles. The number of nitrogens with one attached hydrogen (secondary N) is 7. The van der Waals surface area contributed by atoms with E-state index in [1.54, 1.807) is 67.3 Å². The zero-order chi connectivity index (χ0) is 69.2. The van der Waals surface area contributed by atoms with Gasteiger partial charge < -0.3 is 57.3 Å². The Kier molecular flexibility index (Phi) is 31.3. The maximum atomic E-state index is 14.4. The lowest BCUT2D eigenvalue weighted by atomic mass is 9.92. The van der Waals surface area contributed by atoms with Crippen LogP contribution >= 0.6 is 11.3 Å². The molecule has 2 aliphatic heterocycles. The number of thiazole rings is 1. The van der Waals surface area contributed by atoms with E-state index in [1.165, 1.54) is 6.92 Å². The zero-order valence-corrected chi connectivity index (χ0v) is 57.0. The Hall–Kier alpha value is -8.04. The number of carbonyl (C=O) groups excluding carboxylic acids is 10. The highest BCUT2D eigenvalue weighted by molar-refractivity contribution is 7.09. The van der Waals surface area contributed by atoms with E-state index in [0.29, 0.717) is 61.5 Å². The number of likely N-dealkylation sites (tertiary alicyclic amines) is 2. The Morgan fingerprint density at radius 1 is 0.777 bits per heavy atom. The predicted octanol–water partition coefficient (Wildman–Crippen LogP) is 5.76. The summed E-state index contributed by atoms with van der Waals surface area (Å²) in [5, 5.41) is 28.1. The average Bonchev–Trinajstić information content (AvgIpc) is 1.55. The molecule has 0 spiro atoms. The van der Waals surface area contributed by atoms with Gasteiger partial charge >= 0.3 is 18.0 Å². The number of hydroxylamine groups is 1. The van der Waals surface area contributed by atoms with Gasteiger partial charge in [-0.2, -0.15) is 0 Å². The van der Waals surface area contributed by atoms with Gasteiger partial charge in [0.15, 0.2) is 6.10 Å². The van der Waals surface area contributed by atoms with Crippen LogP contribution < -0.4 is 43.1 Å². The number of benzene rings is 2. The van der Waals surface area contributed by atoms with Crippen molar-refractivity contribution in [2.45, 2.75) is 194 Å². The third-order valence-corrected chi connectivity index (χ3v) is 18.4. The standard InChI is InChI=1S/C67H100N12O14S/c1-11-42(6)58(75-62(86)52-22-15-16-32-77(52)9)65(88)78(10)53(40(2)3)37-54(93-44(8)80)64-73-51(39-94-64)61(85)71-49(36-45-19-13-12-14-20-45)35-43(7)59(83)76-92-38-46-25-27-48(28-26-46)70-60(84)50(21-18-31-69-67(68)91)72-63(87)57(41(4)5)74-55(81)23-17-24-56(82)79-33-29-47(30-34-79)66(89)90/h12-14,19-20,25-28,39-43,47,49-50,52-54,57-58H,11,15-18,21-24,29-38H2,1-10H3,(H,70,84)(H,71,85)(H,72,87)(H,74,81)(H,75,86)(H,76,83)(H,89,90)(H3,68,69,91)/t42-,43-,49+,50-,52+,53+,54+,57-,58-/m0/s1. The van der Waals surface area contributed by atoms with E-state index in [4.69, 9.17) is 15.3 Å². The molecule has 2 saturated heterocycles. The summed E-state index contributed by atoms with van der Waals surface area (Å²) in [6, 6.07) is 11.0. The van der Waals surface area contributed by atoms with Gasteiger partial charge in [0.05, 0.1) is 18.6 Å². The van der Waals surface area contributed by atoms with Gasteiger partial charge in [-0.05, 0) is 112 Å². The van der Waals surface area contributed by atoms with Gasteiger partial charge in [-0.25, -0.2) is 15.3 Å². The monoisotopic (exact) mass is 1330 g/mol. The number of anilines is 1. The predicted molar refractivity (Wildman–Crippen MR) is 354 cm³/mol. The number of esters is 1. The van der Waals surface area contributed by atoms with Crippen LogP contribution in [0.3, 0.4) is 0 Å². The summed E-state index contributed by atoms with van der Waals surface area (Å²) < 4.78 is 5.87. The van der Waals surface area contributed by atoms with Gasteiger partial charge in [-0.3, -0.25) is 57.7 Å². The number of carboxylic acid groups (broad SMARTS) is 1. The van der Waals surface area contributed by atoms with Crippen LogP contribution in [0.25, 0.3) is 0 Å². The Morgan fingerprint density at radius 2 is 1.47 bits per heavy atom. The fraction of sp³-hybridized carbons (Fsp3) is 0.612. The smallest absolute Gasteiger partial charge is 0.312 e. The Balaban J connectivity index is 1.16. The quantitative estimate of drug-likeness (QED) is 0.0190. The molecule has 2 aromatic carbocycles. The molecular formula is C67H100N12O14S. The molecule has 10 N–H and O–H groups in total. The number of rotatable bonds is 36. The van der Waals surface area contributed by atoms with E-state index in [2.05, 4.69) is 42.4 Å². The molecule has 2 fully saturated rings. The number of likely N-dealkylation sites (N-methyl/N-ethyl adjacent to an activating group) is 2. The highest BCUT2D eigenvalue weighted by Gasteiger charge is 2.38. The van der Waals surface area contributed by atoms with E-state index in [1.807, 2.05) is 70.0 Å². The SMILES string of the molecule is CC[C@H](C)[C@H](NC(=O)[C@H]1CCCCN1C)C(=O)N(C)[C@H](C[C@@H](OC(C)=O)c1nc(C(=O)N[C@@H](Cc2ccccc2)C[C@H](C)C(=O)NOCc2ccc(NC(=O)[C@H](CCCNC(N)=O)NC(=O)[C@@H](NC(=O)CCCC(=O)N3CCC(C(=O)O)CC3)C(C)C)cc2)cs1)C(C)C. The molecule has 0 unspecified atom stereocenters. The molecule has 10 amide bonds. The normalized spacial score (nSPS) is 17.0. The number of hydrogen-bond donors (Lipinski definition) is 9. The molecule has 5 rings (SSSR count). The number of primary amides is 1. The molecule has 3 heterocycles. The number of aromatic nitrogens is 1. The molecule has 518 valence electrons. The van der Waals surface area contributed by atoms with E-state index in [9.17, 15) is 57.8 Å². The second-order valence-electron chi connectivity index (χ2n) is 25.6. The topological polar surface area (TPSA) is 359 Å². The summed E-state index contributed by atoms with van der Waals surface area (Å²) in [6.07, 6.45) is 4.46. The number of carbonyl (C=O) groups is 11. The van der Waals surface area contributed by atoms with Crippen LogP contribution in [0, 0.1) is 29.6 Å². The minimum Gasteiger partial charge on any atom is -0.481 e. The van der Waals surface area contributed by atoms with E-state index in [-0.39, 0.29) is 99.4 Å². The fourth-order valence-corrected chi connectivity index (χ4v) is 12.4. The van der Waals surface area contributed by atoms with Crippen LogP contribution in [0.5, 0.6) is 0 Å². The number of hydrogen-bond acceptors (Lipinski definition) is 16. The van der Waals surface area contributed by atoms with Gasteiger partial charge in [0.25, 0.3) is 5.91 Å². The van der Waals surface area contributed by atoms with Crippen molar-refractivity contribution in [2.24, 2.45) is 35.3 Å². The molecule has 1 aromatic heterocycles. The first-order valence-electron chi connectivity index (χ1n) is 32.9. The number of nitrogens with two attached hydrogens (primary N) is 1. The van der Waals surface area contributed by atoms with Crippen LogP contribution in [0.2, 0.25) is 0 Å². The molecule has 0 radical (unpaired) electrons. The molecule has 0 bridgehead atoms. The van der Waals surface area contributed by atoms with Crippen molar-refractivity contribution in [3.05, 3.63) is 81.8 Å². The summed E-state index contributed by atoms with van der Waals surface area (Å²) in [5.74, 6) is -6.49. The lowest BCUT2D eigenvalue weighted by Crippen LogP contribution is -2.58. The number of urea groups is 1. The van der Waals surface area contributed by atoms with E-state index < -0.39 is 102 Å². The van der Waals surface area contributed by atoms with Gasteiger partial charge in [-0.1, -0.05) is 104 Å². The van der Waals surface area contributed by atoms with Crippen LogP contribution in [-0.2, 0) is 65.8 Å². The summed E-state index contributed by atoms with van der Waals surface area (Å²) >= 11 is 1.15. The van der Waals surface area contributed by atoms with Gasteiger partial charge in [-0.15, -0.1) is 11.3 Å². The third kappa shape index (κ3) is 24.7. The number of carboxylic acids is 1. The molecule has 26 nitrogen and oxygen atoms in total. The molecule has 0 saturated carbocycles. The summed E-state index contributed by atoms with van der Waals surface area (Å²) in [4.78, 5) is 160. The first-order chi connectivity index (χ1) is 44.6. The van der Waals surface area contributed by atoms with Crippen LogP contribution in [0.1, 0.15) is 172 Å². The van der Waals surface area contributed by atoms with E-state index >= 15 is 0 Å². The van der Waals surface area contributed by atoms with Crippen molar-refractivity contribution in [3.63, 3.8) is 0 Å². The molecule has 3 aromatic rings. The van der Waals surface area contributed by atoms with Crippen LogP contribution in [0.15, 0.2) is 60.0 Å². The average molecular weight is 1330 g/mol. The van der Waals surface area contributed by atoms with E-state index in [0.717, 1.165) is 36.3 Å². The summed E-state index contributed by atoms with van der Waals surface area (Å²) in [5.41, 5.74) is 9.74. The number of nitrogens with zero attached hydrogens (tertiary/aromatic N) is 4. The maximum Gasteiger partial charge on any atom is 0.312 e. The minimum atomic E-state index is -1.11. The fourth-order valence-electron chi connectivity index (χ4n) is 11.6. The van der Waals surface area contributed by atoms with Gasteiger partial charge in [0.2, 0.25) is 41.4 Å². The van der Waals surface area contributed by atoms with Crippen molar-refractivity contribution in [1.29, 1.82) is 0 Å². The lowest BCUT2D eigenvalue weighted by molar-refractivity contribution is -0.149. The van der Waals surface area contributed by atoms with Crippen molar-refractivity contribution in [3.8, 4) is 0 Å². The second-order valence-corrected chi connectivity index (χ2v) is 26.5. The molecular weight excluding hydrogens is 1230 g/mol. The highest BCUT2D eigenvalue weighted by Crippen LogP contribution is 2.32. The Labute approximate surface area is 556 Å². The molecule has 2 aliphatic rings. The van der Waals surface area contributed by atoms with Crippen molar-refractivity contribution < 1.29 is 67.4 Å². The Morgan fingerprint density at radius 3 is 2.09 bits per heavy atom. The second kappa shape index (κ2) is 38.4. The first kappa shape index (κ1) is 76.7. The van der Waals surface area contributed by atoms with Crippen molar-refractivity contribution in [2.75, 3.05) is 45.6 Å². The number of ether oxygens (including phenoxy) is 1. The largest absolute Gasteiger partial charge is 0.481 e. The minimum absolute atomic E-state index is 0.0436. The van der Waals surface area contributed by atoms with Gasteiger partial charge in [0, 0.05) is 81.9 Å². The molecule has 9 atom stereocenters. The third-order valence-electron chi connectivity index (χ3n) is 17.5. The van der Waals surface area contributed by atoms with Crippen LogP contribution in [0.4, 0.5) is 10.5 Å². The Bertz CT molecular complexity index is 3010. The first-order valence-corrected chi connectivity index (χ1v) is 33.7. The lowest BCUT2D eigenvalue weighted by Gasteiger charge is -2.38. The maximum absolute atomic E-state index is 14.4. The number of amides is 10. The number of aliphatic carboxylic acids is 1. The summed E-state index contributed by atoms with van der Waals surface area (Å²) in [6.45, 7) is 15.9. The number of piperidine rings is 2. The van der Waals surface area contributed by atoms with Gasteiger partial charge in [0.1, 0.15) is 28.8 Å². The summed E-state index contributed by atoms with van der Waals surface area (Å²) in [7, 11) is 3.63. The van der Waals surface area contributed by atoms with Crippen LogP contribution in [-0.4, -0.2) is 167 Å². The van der Waals surface area contributed by atoms with Crippen molar-refractivity contribution >= 4 is 82.3 Å².